The number of nitrogens with zero attached hydrogens (tertiary/aromatic N) is 2. The zero-order chi connectivity index (χ0) is 10.8. The van der Waals surface area contributed by atoms with Crippen molar-refractivity contribution in [3.05, 3.63) is 18.0 Å². The van der Waals surface area contributed by atoms with E-state index in [0.717, 1.165) is 5.69 Å². The highest BCUT2D eigenvalue weighted by Gasteiger charge is 2.30. The molecule has 80 valence electrons. The van der Waals surface area contributed by atoms with Gasteiger partial charge in [0.1, 0.15) is 0 Å². The van der Waals surface area contributed by atoms with Gasteiger partial charge in [0.25, 0.3) is 0 Å². The van der Waals surface area contributed by atoms with Crippen molar-refractivity contribution in [1.82, 2.24) is 15.1 Å². The molecule has 0 aromatic carbocycles. The fraction of sp³-hybridized carbons (Fsp3) is 0.500. The van der Waals surface area contributed by atoms with Gasteiger partial charge in [0.15, 0.2) is 0 Å². The molecule has 0 saturated carbocycles. The summed E-state index contributed by atoms with van der Waals surface area (Å²) in [6.07, 6.45) is 2.52. The molecule has 0 aliphatic carbocycles. The van der Waals surface area contributed by atoms with Gasteiger partial charge in [-0.25, -0.2) is 0 Å². The van der Waals surface area contributed by atoms with Crippen LogP contribution in [0.15, 0.2) is 12.3 Å². The maximum atomic E-state index is 11.6. The predicted octanol–water partition coefficient (Wildman–Crippen LogP) is 0.695. The van der Waals surface area contributed by atoms with E-state index in [2.05, 4.69) is 10.2 Å². The first-order chi connectivity index (χ1) is 7.16. The highest BCUT2D eigenvalue weighted by atomic mass is 16.2. The van der Waals surface area contributed by atoms with Crippen molar-refractivity contribution in [3.8, 4) is 0 Å². The van der Waals surface area contributed by atoms with E-state index in [1.54, 1.807) is 12.3 Å². The molecule has 1 fully saturated rings. The van der Waals surface area contributed by atoms with E-state index in [1.165, 1.54) is 4.90 Å². The Morgan fingerprint density at radius 3 is 2.67 bits per heavy atom. The van der Waals surface area contributed by atoms with Crippen molar-refractivity contribution >= 4 is 11.8 Å². The average Bonchev–Trinajstić information content (AvgIpc) is 2.63. The first kappa shape index (κ1) is 9.89. The lowest BCUT2D eigenvalue weighted by Crippen LogP contribution is -2.42. The molecule has 0 spiro atoms. The number of aromatic nitrogens is 2. The molecule has 1 aromatic heterocycles. The van der Waals surface area contributed by atoms with Crippen LogP contribution in [0.2, 0.25) is 0 Å². The van der Waals surface area contributed by atoms with Gasteiger partial charge in [-0.15, -0.1) is 0 Å². The quantitative estimate of drug-likeness (QED) is 0.726. The zero-order valence-electron chi connectivity index (χ0n) is 8.56. The van der Waals surface area contributed by atoms with E-state index in [0.29, 0.717) is 19.4 Å². The second kappa shape index (κ2) is 3.84. The summed E-state index contributed by atoms with van der Waals surface area (Å²) >= 11 is 0. The van der Waals surface area contributed by atoms with Gasteiger partial charge in [0, 0.05) is 19.0 Å². The normalized spacial score (nSPS) is 18.6. The molecule has 15 heavy (non-hydrogen) atoms. The Hall–Kier alpha value is -1.65. The number of amides is 2. The van der Waals surface area contributed by atoms with Crippen LogP contribution in [-0.4, -0.2) is 26.9 Å². The van der Waals surface area contributed by atoms with E-state index in [9.17, 15) is 9.59 Å². The Kier molecular flexibility index (Phi) is 2.53. The van der Waals surface area contributed by atoms with Gasteiger partial charge in [-0.05, 0) is 12.0 Å². The first-order valence-corrected chi connectivity index (χ1v) is 4.98. The summed E-state index contributed by atoms with van der Waals surface area (Å²) < 4.78 is 0. The third-order valence-corrected chi connectivity index (χ3v) is 2.54. The minimum atomic E-state index is -0.0895. The topological polar surface area (TPSA) is 66.1 Å². The number of carbonyl (C=O) groups excluding carboxylic acids is 2. The Labute approximate surface area is 87.5 Å². The summed E-state index contributed by atoms with van der Waals surface area (Å²) in [6, 6.07) is 1.76. The molecule has 0 unspecified atom stereocenters. The zero-order valence-corrected chi connectivity index (χ0v) is 8.56. The molecule has 2 heterocycles. The summed E-state index contributed by atoms with van der Waals surface area (Å²) in [4.78, 5) is 24.5. The number of H-pyrrole nitrogens is 1. The van der Waals surface area contributed by atoms with E-state index >= 15 is 0 Å². The molecule has 5 heteroatoms. The predicted molar refractivity (Wildman–Crippen MR) is 52.5 cm³/mol. The second-order valence-corrected chi connectivity index (χ2v) is 3.97. The number of hydrogen-bond donors (Lipinski definition) is 1. The Bertz CT molecular complexity index is 354. The van der Waals surface area contributed by atoms with Crippen LogP contribution in [0.1, 0.15) is 25.5 Å². The van der Waals surface area contributed by atoms with Gasteiger partial charge >= 0.3 is 0 Å². The van der Waals surface area contributed by atoms with E-state index in [-0.39, 0.29) is 17.7 Å². The first-order valence-electron chi connectivity index (χ1n) is 4.98. The molecule has 1 aromatic rings. The standard InChI is InChI=1S/C10H13N3O2/c1-7-4-9(14)13(10(15)5-7)6-8-2-3-11-12-8/h2-3,7H,4-6H2,1H3,(H,11,12). The number of imide groups is 1. The van der Waals surface area contributed by atoms with E-state index < -0.39 is 0 Å². The number of rotatable bonds is 2. The Morgan fingerprint density at radius 2 is 2.13 bits per heavy atom. The van der Waals surface area contributed by atoms with Crippen LogP contribution in [-0.2, 0) is 16.1 Å². The molecule has 2 rings (SSSR count). The molecular weight excluding hydrogens is 194 g/mol. The summed E-state index contributed by atoms with van der Waals surface area (Å²) in [5.41, 5.74) is 0.784. The lowest BCUT2D eigenvalue weighted by Gasteiger charge is -2.27. The second-order valence-electron chi connectivity index (χ2n) is 3.97. The third-order valence-electron chi connectivity index (χ3n) is 2.54. The van der Waals surface area contributed by atoms with Crippen molar-refractivity contribution in [3.63, 3.8) is 0 Å². The molecule has 0 radical (unpaired) electrons. The van der Waals surface area contributed by atoms with Crippen LogP contribution in [0.3, 0.4) is 0 Å². The lowest BCUT2D eigenvalue weighted by molar-refractivity contribution is -0.150. The van der Waals surface area contributed by atoms with Gasteiger partial charge < -0.3 is 0 Å². The van der Waals surface area contributed by atoms with Gasteiger partial charge in [0.2, 0.25) is 11.8 Å². The van der Waals surface area contributed by atoms with Gasteiger partial charge in [-0.2, -0.15) is 5.10 Å². The van der Waals surface area contributed by atoms with Crippen molar-refractivity contribution in [2.45, 2.75) is 26.3 Å². The van der Waals surface area contributed by atoms with Crippen LogP contribution in [0.25, 0.3) is 0 Å². The van der Waals surface area contributed by atoms with Crippen LogP contribution in [0.5, 0.6) is 0 Å². The van der Waals surface area contributed by atoms with Gasteiger partial charge in [-0.3, -0.25) is 19.6 Å². The van der Waals surface area contributed by atoms with Crippen molar-refractivity contribution in [1.29, 1.82) is 0 Å². The monoisotopic (exact) mass is 207 g/mol. The number of likely N-dealkylation sites (tertiary alicyclic amines) is 1. The molecule has 1 N–H and O–H groups in total. The molecule has 5 nitrogen and oxygen atoms in total. The van der Waals surface area contributed by atoms with Gasteiger partial charge in [-0.1, -0.05) is 6.92 Å². The fourth-order valence-corrected chi connectivity index (χ4v) is 1.75. The molecule has 0 atom stereocenters. The fourth-order valence-electron chi connectivity index (χ4n) is 1.75. The smallest absolute Gasteiger partial charge is 0.229 e. The van der Waals surface area contributed by atoms with Crippen LogP contribution < -0.4 is 0 Å². The summed E-state index contributed by atoms with van der Waals surface area (Å²) in [7, 11) is 0. The largest absolute Gasteiger partial charge is 0.281 e. The summed E-state index contributed by atoms with van der Waals surface area (Å²) in [5.74, 6) is -0.00952. The molecular formula is C10H13N3O2. The molecule has 1 saturated heterocycles. The maximum absolute atomic E-state index is 11.6. The number of aromatic amines is 1. The lowest BCUT2D eigenvalue weighted by atomic mass is 9.98. The third kappa shape index (κ3) is 2.06. The molecule has 1 aliphatic rings. The van der Waals surface area contributed by atoms with Crippen molar-refractivity contribution in [2.75, 3.05) is 0 Å². The molecule has 1 aliphatic heterocycles. The Morgan fingerprint density at radius 1 is 1.47 bits per heavy atom. The highest BCUT2D eigenvalue weighted by molar-refractivity contribution is 5.97. The minimum Gasteiger partial charge on any atom is -0.281 e. The average molecular weight is 207 g/mol. The highest BCUT2D eigenvalue weighted by Crippen LogP contribution is 2.20. The minimum absolute atomic E-state index is 0.0895. The van der Waals surface area contributed by atoms with Gasteiger partial charge in [0.05, 0.1) is 12.2 Å². The van der Waals surface area contributed by atoms with Crippen LogP contribution in [0, 0.1) is 5.92 Å². The Balaban J connectivity index is 2.08. The van der Waals surface area contributed by atoms with Crippen molar-refractivity contribution < 1.29 is 9.59 Å². The SMILES string of the molecule is CC1CC(=O)N(Cc2ccn[nH]2)C(=O)C1. The molecule has 2 amide bonds. The number of piperidine rings is 1. The van der Waals surface area contributed by atoms with Crippen molar-refractivity contribution in [2.24, 2.45) is 5.92 Å². The maximum Gasteiger partial charge on any atom is 0.229 e. The number of hydrogen-bond acceptors (Lipinski definition) is 3. The molecule has 0 bridgehead atoms. The van der Waals surface area contributed by atoms with E-state index in [4.69, 9.17) is 0 Å². The number of nitrogens with one attached hydrogen (secondary N) is 1. The summed E-state index contributed by atoms with van der Waals surface area (Å²) in [6.45, 7) is 2.23. The van der Waals surface area contributed by atoms with Crippen LogP contribution in [0.4, 0.5) is 0 Å². The summed E-state index contributed by atoms with van der Waals surface area (Å²) in [5, 5.41) is 6.52. The van der Waals surface area contributed by atoms with Crippen LogP contribution >= 0.6 is 0 Å². The number of carbonyl (C=O) groups is 2. The van der Waals surface area contributed by atoms with E-state index in [1.807, 2.05) is 6.92 Å².